The van der Waals surface area contributed by atoms with Crippen molar-refractivity contribution in [3.05, 3.63) is 18.0 Å². The fraction of sp³-hybridized carbons (Fsp3) is 0.500. The molecule has 0 radical (unpaired) electrons. The van der Waals surface area contributed by atoms with Crippen molar-refractivity contribution in [3.8, 4) is 0 Å². The minimum atomic E-state index is -4.50. The quantitative estimate of drug-likeness (QED) is 0.745. The summed E-state index contributed by atoms with van der Waals surface area (Å²) in [5, 5.41) is 6.41. The Morgan fingerprint density at radius 2 is 2.21 bits per heavy atom. The number of anilines is 1. The van der Waals surface area contributed by atoms with Gasteiger partial charge in [0.1, 0.15) is 0 Å². The molecular weight excluding hydrogens is 378 g/mol. The standard InChI is InChI=1S/C10H9F3IN3O2/c11-10(12,13)8-2-7(3-15-16-8)17-4-6(5-17)1-9(18)19-14/h2-3,6H,1,4-5H2. The highest BCUT2D eigenvalue weighted by molar-refractivity contribution is 14.1. The van der Waals surface area contributed by atoms with E-state index in [4.69, 9.17) is 0 Å². The van der Waals surface area contributed by atoms with E-state index in [1.807, 2.05) is 0 Å². The molecule has 0 aliphatic carbocycles. The van der Waals surface area contributed by atoms with Crippen LogP contribution in [0.4, 0.5) is 18.9 Å². The maximum Gasteiger partial charge on any atom is 0.435 e. The van der Waals surface area contributed by atoms with Crippen molar-refractivity contribution >= 4 is 34.7 Å². The van der Waals surface area contributed by atoms with Gasteiger partial charge >= 0.3 is 12.1 Å². The highest BCUT2D eigenvalue weighted by Crippen LogP contribution is 2.32. The van der Waals surface area contributed by atoms with Crippen LogP contribution in [-0.2, 0) is 14.0 Å². The van der Waals surface area contributed by atoms with Crippen LogP contribution in [-0.4, -0.2) is 29.3 Å². The molecule has 9 heteroatoms. The van der Waals surface area contributed by atoms with Crippen molar-refractivity contribution in [2.24, 2.45) is 5.92 Å². The first-order valence-electron chi connectivity index (χ1n) is 5.36. The van der Waals surface area contributed by atoms with Crippen LogP contribution in [0, 0.1) is 5.92 Å². The van der Waals surface area contributed by atoms with Gasteiger partial charge in [0.05, 0.1) is 18.3 Å². The monoisotopic (exact) mass is 387 g/mol. The van der Waals surface area contributed by atoms with Gasteiger partial charge in [-0.2, -0.15) is 18.3 Å². The zero-order valence-electron chi connectivity index (χ0n) is 9.52. The fourth-order valence-electron chi connectivity index (χ4n) is 1.84. The predicted octanol–water partition coefficient (Wildman–Crippen LogP) is 2.21. The summed E-state index contributed by atoms with van der Waals surface area (Å²) in [6.45, 7) is 1.02. The van der Waals surface area contributed by atoms with Crippen LogP contribution in [0.15, 0.2) is 12.3 Å². The molecule has 1 aromatic rings. The highest BCUT2D eigenvalue weighted by atomic mass is 127. The van der Waals surface area contributed by atoms with E-state index in [0.29, 0.717) is 18.8 Å². The maximum atomic E-state index is 12.5. The Bertz CT molecular complexity index is 477. The first-order valence-corrected chi connectivity index (χ1v) is 6.24. The van der Waals surface area contributed by atoms with Gasteiger partial charge in [0.2, 0.25) is 0 Å². The number of hydrogen-bond donors (Lipinski definition) is 0. The first-order chi connectivity index (χ1) is 8.90. The molecule has 1 saturated heterocycles. The molecule has 0 atom stereocenters. The summed E-state index contributed by atoms with van der Waals surface area (Å²) in [5.41, 5.74) is -0.651. The third-order valence-corrected chi connectivity index (χ3v) is 3.29. The van der Waals surface area contributed by atoms with Crippen LogP contribution in [0.25, 0.3) is 0 Å². The van der Waals surface area contributed by atoms with Crippen molar-refractivity contribution in [2.45, 2.75) is 12.6 Å². The Morgan fingerprint density at radius 1 is 1.53 bits per heavy atom. The van der Waals surface area contributed by atoms with E-state index < -0.39 is 11.9 Å². The van der Waals surface area contributed by atoms with Gasteiger partial charge in [0.15, 0.2) is 28.7 Å². The van der Waals surface area contributed by atoms with Crippen LogP contribution in [0.5, 0.6) is 0 Å². The van der Waals surface area contributed by atoms with Gasteiger partial charge in [-0.25, -0.2) is 0 Å². The van der Waals surface area contributed by atoms with Gasteiger partial charge < -0.3 is 7.97 Å². The molecule has 19 heavy (non-hydrogen) atoms. The van der Waals surface area contributed by atoms with Crippen molar-refractivity contribution < 1.29 is 21.0 Å². The third-order valence-electron chi connectivity index (χ3n) is 2.79. The topological polar surface area (TPSA) is 55.3 Å². The van der Waals surface area contributed by atoms with E-state index in [2.05, 4.69) is 13.3 Å². The zero-order chi connectivity index (χ0) is 14.0. The molecule has 0 N–H and O–H groups in total. The van der Waals surface area contributed by atoms with E-state index in [9.17, 15) is 18.0 Å². The maximum absolute atomic E-state index is 12.5. The highest BCUT2D eigenvalue weighted by Gasteiger charge is 2.35. The summed E-state index contributed by atoms with van der Waals surface area (Å²) >= 11 is 1.51. The molecule has 2 rings (SSSR count). The van der Waals surface area contributed by atoms with Gasteiger partial charge in [0, 0.05) is 19.0 Å². The molecule has 1 aliphatic rings. The number of halogens is 4. The van der Waals surface area contributed by atoms with E-state index >= 15 is 0 Å². The SMILES string of the molecule is O=C(CC1CN(c2cnnc(C(F)(F)F)c2)C1)OI. The molecule has 1 aromatic heterocycles. The molecule has 5 nitrogen and oxygen atoms in total. The average molecular weight is 387 g/mol. The van der Waals surface area contributed by atoms with Crippen LogP contribution in [0.2, 0.25) is 0 Å². The molecule has 0 spiro atoms. The molecule has 0 saturated carbocycles. The molecule has 0 aromatic carbocycles. The molecule has 0 bridgehead atoms. The van der Waals surface area contributed by atoms with Gasteiger partial charge in [0.25, 0.3) is 0 Å². The van der Waals surface area contributed by atoms with Crippen molar-refractivity contribution in [3.63, 3.8) is 0 Å². The number of carbonyl (C=O) groups is 1. The Labute approximate surface area is 120 Å². The minimum absolute atomic E-state index is 0.102. The largest absolute Gasteiger partial charge is 0.435 e. The Hall–Kier alpha value is -1.13. The average Bonchev–Trinajstić information content (AvgIpc) is 2.32. The van der Waals surface area contributed by atoms with Crippen molar-refractivity contribution in [2.75, 3.05) is 18.0 Å². The zero-order valence-corrected chi connectivity index (χ0v) is 11.7. The van der Waals surface area contributed by atoms with Crippen molar-refractivity contribution in [1.29, 1.82) is 0 Å². The number of hydrogen-bond acceptors (Lipinski definition) is 5. The fourth-order valence-corrected chi connectivity index (χ4v) is 2.02. The Balaban J connectivity index is 1.97. The smallest absolute Gasteiger partial charge is 0.394 e. The summed E-state index contributed by atoms with van der Waals surface area (Å²) in [6.07, 6.45) is -2.95. The molecule has 2 heterocycles. The lowest BCUT2D eigenvalue weighted by molar-refractivity contribution is -0.141. The van der Waals surface area contributed by atoms with Crippen LogP contribution in [0.1, 0.15) is 12.1 Å². The molecule has 0 amide bonds. The number of aromatic nitrogens is 2. The van der Waals surface area contributed by atoms with E-state index in [1.165, 1.54) is 29.2 Å². The summed E-state index contributed by atoms with van der Waals surface area (Å²) in [6, 6.07) is 0.958. The summed E-state index contributed by atoms with van der Waals surface area (Å²) in [5.74, 6) is -0.223. The summed E-state index contributed by atoms with van der Waals surface area (Å²) in [7, 11) is 0. The minimum Gasteiger partial charge on any atom is -0.394 e. The number of carbonyl (C=O) groups excluding carboxylic acids is 1. The van der Waals surface area contributed by atoms with Gasteiger partial charge in [-0.15, -0.1) is 5.10 Å². The van der Waals surface area contributed by atoms with Gasteiger partial charge in [-0.3, -0.25) is 4.79 Å². The van der Waals surface area contributed by atoms with Gasteiger partial charge in [-0.1, -0.05) is 0 Å². The first kappa shape index (κ1) is 14.3. The lowest BCUT2D eigenvalue weighted by atomic mass is 9.96. The number of rotatable bonds is 3. The van der Waals surface area contributed by atoms with Crippen LogP contribution in [0.3, 0.4) is 0 Å². The molecule has 104 valence electrons. The van der Waals surface area contributed by atoms with E-state index in [1.54, 1.807) is 4.90 Å². The third kappa shape index (κ3) is 3.45. The number of alkyl halides is 3. The Kier molecular flexibility index (Phi) is 4.11. The summed E-state index contributed by atoms with van der Waals surface area (Å²) in [4.78, 5) is 12.7. The summed E-state index contributed by atoms with van der Waals surface area (Å²) < 4.78 is 41.9. The molecule has 0 unspecified atom stereocenters. The molecule has 1 fully saturated rings. The van der Waals surface area contributed by atoms with E-state index in [0.717, 1.165) is 6.07 Å². The van der Waals surface area contributed by atoms with Crippen molar-refractivity contribution in [1.82, 2.24) is 10.2 Å². The van der Waals surface area contributed by atoms with Crippen LogP contribution >= 0.6 is 23.0 Å². The second-order valence-electron chi connectivity index (χ2n) is 4.22. The van der Waals surface area contributed by atoms with Gasteiger partial charge in [-0.05, 0) is 6.07 Å². The van der Waals surface area contributed by atoms with Crippen LogP contribution < -0.4 is 4.90 Å². The number of nitrogens with zero attached hydrogens (tertiary/aromatic N) is 3. The predicted molar refractivity (Wildman–Crippen MR) is 67.5 cm³/mol. The lowest BCUT2D eigenvalue weighted by Crippen LogP contribution is -2.47. The normalized spacial score (nSPS) is 16.1. The lowest BCUT2D eigenvalue weighted by Gasteiger charge is -2.40. The Morgan fingerprint density at radius 3 is 2.79 bits per heavy atom. The second kappa shape index (κ2) is 5.47. The molecular formula is C10H9F3IN3O2. The van der Waals surface area contributed by atoms with E-state index in [-0.39, 0.29) is 18.3 Å². The molecule has 1 aliphatic heterocycles. The second-order valence-corrected chi connectivity index (χ2v) is 4.66.